The molecule has 0 spiro atoms. The zero-order valence-corrected chi connectivity index (χ0v) is 5.82. The van der Waals surface area contributed by atoms with Crippen molar-refractivity contribution >= 4 is 0 Å². The van der Waals surface area contributed by atoms with Gasteiger partial charge in [0.15, 0.2) is 0 Å². The third kappa shape index (κ3) is 2.50. The molecule has 0 saturated carbocycles. The second kappa shape index (κ2) is 3.53. The van der Waals surface area contributed by atoms with E-state index in [2.05, 4.69) is 0 Å². The van der Waals surface area contributed by atoms with Crippen LogP contribution in [-0.4, -0.2) is 5.48 Å². The van der Waals surface area contributed by atoms with Crippen molar-refractivity contribution in [2.75, 3.05) is 0 Å². The number of rotatable bonds is 0. The lowest BCUT2D eigenvalue weighted by molar-refractivity contribution is -0.137. The molecule has 0 aliphatic carbocycles. The minimum Gasteiger partial charge on any atom is -0.412 e. The third-order valence-corrected chi connectivity index (χ3v) is 1.17. The first-order valence-electron chi connectivity index (χ1n) is 2.83. The first kappa shape index (κ1) is 10.9. The lowest BCUT2D eigenvalue weighted by atomic mass is 10.2. The zero-order chi connectivity index (χ0) is 8.48. The van der Waals surface area contributed by atoms with Gasteiger partial charge in [0.1, 0.15) is 5.82 Å². The van der Waals surface area contributed by atoms with E-state index in [0.717, 1.165) is 12.1 Å². The molecule has 5 heteroatoms. The van der Waals surface area contributed by atoms with E-state index in [1.165, 1.54) is 0 Å². The fraction of sp³-hybridized carbons (Fsp3) is 0.143. The Kier molecular flexibility index (Phi) is 3.21. The summed E-state index contributed by atoms with van der Waals surface area (Å²) in [6.45, 7) is 0. The molecule has 1 rings (SSSR count). The first-order valence-corrected chi connectivity index (χ1v) is 2.83. The molecule has 1 nitrogen and oxygen atoms in total. The van der Waals surface area contributed by atoms with Crippen molar-refractivity contribution in [2.24, 2.45) is 0 Å². The Balaban J connectivity index is 0.00000121. The van der Waals surface area contributed by atoms with Gasteiger partial charge in [-0.15, -0.1) is 0 Å². The van der Waals surface area contributed by atoms with Crippen LogP contribution in [0.1, 0.15) is 5.56 Å². The van der Waals surface area contributed by atoms with Crippen LogP contribution in [0.15, 0.2) is 24.3 Å². The van der Waals surface area contributed by atoms with E-state index >= 15 is 0 Å². The average molecular weight is 182 g/mol. The largest absolute Gasteiger partial charge is 0.416 e. The summed E-state index contributed by atoms with van der Waals surface area (Å²) in [6, 6.07) is 2.97. The Hall–Kier alpha value is -1.10. The zero-order valence-electron chi connectivity index (χ0n) is 5.82. The molecule has 1 aromatic rings. The van der Waals surface area contributed by atoms with Gasteiger partial charge in [0.05, 0.1) is 5.56 Å². The molecule has 1 aromatic carbocycles. The van der Waals surface area contributed by atoms with Crippen molar-refractivity contribution in [2.45, 2.75) is 6.18 Å². The van der Waals surface area contributed by atoms with Crippen molar-refractivity contribution < 1.29 is 23.0 Å². The van der Waals surface area contributed by atoms with Gasteiger partial charge in [-0.1, -0.05) is 0 Å². The number of hydrogen-bond acceptors (Lipinski definition) is 0. The van der Waals surface area contributed by atoms with Crippen LogP contribution in [-0.2, 0) is 6.18 Å². The molecule has 0 bridgehead atoms. The minimum atomic E-state index is -4.38. The van der Waals surface area contributed by atoms with E-state index in [-0.39, 0.29) is 5.48 Å². The fourth-order valence-corrected chi connectivity index (χ4v) is 0.639. The average Bonchev–Trinajstić information content (AvgIpc) is 1.86. The summed E-state index contributed by atoms with van der Waals surface area (Å²) in [4.78, 5) is 0. The highest BCUT2D eigenvalue weighted by Gasteiger charge is 2.29. The van der Waals surface area contributed by atoms with Crippen LogP contribution < -0.4 is 0 Å². The lowest BCUT2D eigenvalue weighted by Gasteiger charge is -2.04. The highest BCUT2D eigenvalue weighted by molar-refractivity contribution is 5.18. The minimum absolute atomic E-state index is 0. The van der Waals surface area contributed by atoms with Gasteiger partial charge in [0, 0.05) is 0 Å². The quantitative estimate of drug-likeness (QED) is 0.550. The second-order valence-electron chi connectivity index (χ2n) is 2.00. The molecule has 0 saturated heterocycles. The molecule has 12 heavy (non-hydrogen) atoms. The molecule has 0 unspecified atom stereocenters. The Morgan fingerprint density at radius 1 is 0.917 bits per heavy atom. The summed E-state index contributed by atoms with van der Waals surface area (Å²) < 4.78 is 47.5. The third-order valence-electron chi connectivity index (χ3n) is 1.17. The van der Waals surface area contributed by atoms with Gasteiger partial charge in [-0.3, -0.25) is 0 Å². The maximum Gasteiger partial charge on any atom is 0.416 e. The molecule has 0 radical (unpaired) electrons. The van der Waals surface area contributed by atoms with Gasteiger partial charge >= 0.3 is 6.18 Å². The topological polar surface area (TPSA) is 31.5 Å². The second-order valence-corrected chi connectivity index (χ2v) is 2.00. The number of halogens is 4. The molecule has 0 aliphatic heterocycles. The molecular formula is C7H6F4O. The maximum absolute atomic E-state index is 12.1. The van der Waals surface area contributed by atoms with Crippen LogP contribution in [0.3, 0.4) is 0 Å². The molecule has 0 amide bonds. The number of benzene rings is 1. The van der Waals surface area contributed by atoms with Gasteiger partial charge in [0.2, 0.25) is 0 Å². The standard InChI is InChI=1S/C7H4F4.H2O/c8-6-3-1-5(2-4-6)7(9,10)11;/h1-4H;1H2. The number of alkyl halides is 3. The molecule has 2 N–H and O–H groups in total. The van der Waals surface area contributed by atoms with Crippen LogP contribution >= 0.6 is 0 Å². The van der Waals surface area contributed by atoms with E-state index in [9.17, 15) is 17.6 Å². The SMILES string of the molecule is Fc1ccc(C(F)(F)F)cc1.O. The highest BCUT2D eigenvalue weighted by atomic mass is 19.4. The van der Waals surface area contributed by atoms with Crippen molar-refractivity contribution in [1.82, 2.24) is 0 Å². The highest BCUT2D eigenvalue weighted by Crippen LogP contribution is 2.28. The van der Waals surface area contributed by atoms with E-state index in [4.69, 9.17) is 0 Å². The van der Waals surface area contributed by atoms with Crippen molar-refractivity contribution in [3.05, 3.63) is 35.6 Å². The van der Waals surface area contributed by atoms with Crippen LogP contribution in [0, 0.1) is 5.82 Å². The summed E-state index contributed by atoms with van der Waals surface area (Å²) in [7, 11) is 0. The number of hydrogen-bond donors (Lipinski definition) is 0. The van der Waals surface area contributed by atoms with Crippen LogP contribution in [0.5, 0.6) is 0 Å². The van der Waals surface area contributed by atoms with E-state index in [1.807, 2.05) is 0 Å². The molecule has 0 atom stereocenters. The summed E-state index contributed by atoms with van der Waals surface area (Å²) in [5.41, 5.74) is -0.834. The van der Waals surface area contributed by atoms with Crippen molar-refractivity contribution in [3.8, 4) is 0 Å². The van der Waals surface area contributed by atoms with Crippen molar-refractivity contribution in [1.29, 1.82) is 0 Å². The fourth-order valence-electron chi connectivity index (χ4n) is 0.639. The van der Waals surface area contributed by atoms with Gasteiger partial charge in [0.25, 0.3) is 0 Å². The summed E-state index contributed by atoms with van der Waals surface area (Å²) in [5.74, 6) is -0.669. The van der Waals surface area contributed by atoms with Gasteiger partial charge in [-0.25, -0.2) is 4.39 Å². The Morgan fingerprint density at radius 2 is 1.33 bits per heavy atom. The monoisotopic (exact) mass is 182 g/mol. The summed E-state index contributed by atoms with van der Waals surface area (Å²) >= 11 is 0. The predicted molar refractivity (Wildman–Crippen MR) is 35.0 cm³/mol. The van der Waals surface area contributed by atoms with Crippen LogP contribution in [0.25, 0.3) is 0 Å². The Bertz CT molecular complexity index is 239. The van der Waals surface area contributed by atoms with E-state index in [0.29, 0.717) is 12.1 Å². The van der Waals surface area contributed by atoms with E-state index in [1.54, 1.807) is 0 Å². The summed E-state index contributed by atoms with van der Waals surface area (Å²) in [5, 5.41) is 0. The first-order chi connectivity index (χ1) is 5.00. The smallest absolute Gasteiger partial charge is 0.412 e. The van der Waals surface area contributed by atoms with Gasteiger partial charge in [-0.05, 0) is 24.3 Å². The summed E-state index contributed by atoms with van der Waals surface area (Å²) in [6.07, 6.45) is -4.38. The lowest BCUT2D eigenvalue weighted by Crippen LogP contribution is -2.03. The molecule has 0 aliphatic rings. The predicted octanol–water partition coefficient (Wildman–Crippen LogP) is 2.02. The van der Waals surface area contributed by atoms with Gasteiger partial charge in [-0.2, -0.15) is 13.2 Å². The van der Waals surface area contributed by atoms with Crippen LogP contribution in [0.4, 0.5) is 17.6 Å². The van der Waals surface area contributed by atoms with Crippen molar-refractivity contribution in [3.63, 3.8) is 0 Å². The molecule has 0 aromatic heterocycles. The Morgan fingerprint density at radius 3 is 1.67 bits per heavy atom. The maximum atomic E-state index is 12.1. The molecular weight excluding hydrogens is 176 g/mol. The molecule has 0 fully saturated rings. The van der Waals surface area contributed by atoms with Crippen LogP contribution in [0.2, 0.25) is 0 Å². The van der Waals surface area contributed by atoms with E-state index < -0.39 is 17.6 Å². The molecule has 0 heterocycles. The normalized spacial score (nSPS) is 10.7. The van der Waals surface area contributed by atoms with Gasteiger partial charge < -0.3 is 5.48 Å². The molecule has 68 valence electrons. The Labute approximate surface area is 65.9 Å².